The maximum atomic E-state index is 12.0. The minimum atomic E-state index is -0.512. The van der Waals surface area contributed by atoms with Gasteiger partial charge in [-0.1, -0.05) is 24.4 Å². The first-order valence-corrected chi connectivity index (χ1v) is 8.25. The minimum Gasteiger partial charge on any atom is -0.444 e. The Morgan fingerprint density at radius 1 is 1.22 bits per heavy atom. The van der Waals surface area contributed by atoms with Gasteiger partial charge in [0.05, 0.1) is 11.7 Å². The number of carbonyl (C=O) groups is 1. The lowest BCUT2D eigenvalue weighted by Gasteiger charge is -2.33. The third-order valence-corrected chi connectivity index (χ3v) is 3.94. The van der Waals surface area contributed by atoms with Gasteiger partial charge in [-0.05, 0) is 40.5 Å². The topological polar surface area (TPSA) is 89.0 Å². The summed E-state index contributed by atoms with van der Waals surface area (Å²) < 4.78 is 5.33. The molecule has 1 aliphatic carbocycles. The molecule has 0 bridgehead atoms. The second kappa shape index (κ2) is 7.29. The van der Waals surface area contributed by atoms with Gasteiger partial charge in [-0.2, -0.15) is 0 Å². The number of nitrogens with one attached hydrogen (secondary N) is 2. The van der Waals surface area contributed by atoms with E-state index in [1.54, 1.807) is 6.92 Å². The molecule has 8 heteroatoms. The van der Waals surface area contributed by atoms with E-state index in [9.17, 15) is 4.79 Å². The van der Waals surface area contributed by atoms with E-state index in [2.05, 4.69) is 25.8 Å². The highest BCUT2D eigenvalue weighted by molar-refractivity contribution is 6.29. The Hall–Kier alpha value is -1.63. The van der Waals surface area contributed by atoms with Gasteiger partial charge in [-0.25, -0.2) is 9.78 Å². The molecule has 0 aliphatic heterocycles. The summed E-state index contributed by atoms with van der Waals surface area (Å²) in [6.07, 6.45) is 3.56. The number of ether oxygens (including phenoxy) is 1. The highest BCUT2D eigenvalue weighted by atomic mass is 35.5. The zero-order chi connectivity index (χ0) is 17.0. The van der Waals surface area contributed by atoms with Crippen LogP contribution in [-0.4, -0.2) is 39.0 Å². The average Bonchev–Trinajstić information content (AvgIpc) is 2.43. The summed E-state index contributed by atoms with van der Waals surface area (Å²) in [5.74, 6) is 0.426. The molecule has 1 amide bonds. The fraction of sp³-hybridized carbons (Fsp3) is 0.733. The monoisotopic (exact) mass is 341 g/mol. The standard InChI is InChI=1S/C15H24ClN5O2/c1-9-12(16)20-21-13(17-9)18-10-7-5-6-8-11(10)19-14(22)23-15(2,3)4/h10-11H,5-8H2,1-4H3,(H,19,22)(H,17,18,21)/t10-,11-/m1/s1. The lowest BCUT2D eigenvalue weighted by molar-refractivity contribution is 0.0488. The summed E-state index contributed by atoms with van der Waals surface area (Å²) in [7, 11) is 0. The molecule has 2 rings (SSSR count). The van der Waals surface area contributed by atoms with E-state index in [1.807, 2.05) is 20.8 Å². The van der Waals surface area contributed by atoms with Crippen LogP contribution in [0.2, 0.25) is 5.15 Å². The van der Waals surface area contributed by atoms with Gasteiger partial charge in [-0.15, -0.1) is 10.2 Å². The summed E-state index contributed by atoms with van der Waals surface area (Å²) in [5, 5.41) is 14.3. The van der Waals surface area contributed by atoms with Crippen LogP contribution in [0, 0.1) is 6.92 Å². The van der Waals surface area contributed by atoms with E-state index in [4.69, 9.17) is 16.3 Å². The van der Waals surface area contributed by atoms with Crippen molar-refractivity contribution in [2.75, 3.05) is 5.32 Å². The second-order valence-corrected chi connectivity index (χ2v) is 7.16. The number of amides is 1. The maximum absolute atomic E-state index is 12.0. The van der Waals surface area contributed by atoms with Crippen LogP contribution in [-0.2, 0) is 4.74 Å². The zero-order valence-corrected chi connectivity index (χ0v) is 14.8. The lowest BCUT2D eigenvalue weighted by Crippen LogP contribution is -2.50. The van der Waals surface area contributed by atoms with Crippen LogP contribution < -0.4 is 10.6 Å². The number of aryl methyl sites for hydroxylation is 1. The van der Waals surface area contributed by atoms with E-state index < -0.39 is 11.7 Å². The SMILES string of the molecule is Cc1nc(N[C@@H]2CCCC[C@H]2NC(=O)OC(C)(C)C)nnc1Cl. The quantitative estimate of drug-likeness (QED) is 0.878. The molecule has 1 heterocycles. The van der Waals surface area contributed by atoms with Gasteiger partial charge in [0.15, 0.2) is 5.15 Å². The number of nitrogens with zero attached hydrogens (tertiary/aromatic N) is 3. The Labute approximate surface area is 141 Å². The maximum Gasteiger partial charge on any atom is 0.407 e. The van der Waals surface area contributed by atoms with Crippen LogP contribution in [0.3, 0.4) is 0 Å². The lowest BCUT2D eigenvalue weighted by atomic mass is 9.90. The Morgan fingerprint density at radius 2 is 1.87 bits per heavy atom. The molecule has 0 saturated heterocycles. The van der Waals surface area contributed by atoms with E-state index in [0.29, 0.717) is 16.8 Å². The van der Waals surface area contributed by atoms with E-state index in [0.717, 1.165) is 25.7 Å². The summed E-state index contributed by atoms with van der Waals surface area (Å²) in [6, 6.07) is 0.0110. The van der Waals surface area contributed by atoms with E-state index >= 15 is 0 Å². The first kappa shape index (κ1) is 17.7. The molecule has 128 valence electrons. The largest absolute Gasteiger partial charge is 0.444 e. The molecule has 0 aromatic carbocycles. The number of carbonyl (C=O) groups excluding carboxylic acids is 1. The van der Waals surface area contributed by atoms with Gasteiger partial charge in [-0.3, -0.25) is 0 Å². The van der Waals surface area contributed by atoms with Crippen LogP contribution in [0.4, 0.5) is 10.7 Å². The van der Waals surface area contributed by atoms with Crippen LogP contribution in [0.25, 0.3) is 0 Å². The van der Waals surface area contributed by atoms with Crippen molar-refractivity contribution in [3.05, 3.63) is 10.8 Å². The average molecular weight is 342 g/mol. The van der Waals surface area contributed by atoms with Crippen LogP contribution in [0.1, 0.15) is 52.1 Å². The summed E-state index contributed by atoms with van der Waals surface area (Å²) in [4.78, 5) is 16.3. The minimum absolute atomic E-state index is 0.0295. The van der Waals surface area contributed by atoms with Gasteiger partial charge in [0.25, 0.3) is 0 Å². The molecule has 7 nitrogen and oxygen atoms in total. The molecule has 1 aliphatic rings. The number of alkyl carbamates (subject to hydrolysis) is 1. The summed E-state index contributed by atoms with van der Waals surface area (Å²) in [5.41, 5.74) is 0.110. The summed E-state index contributed by atoms with van der Waals surface area (Å²) in [6.45, 7) is 7.32. The Morgan fingerprint density at radius 3 is 2.48 bits per heavy atom. The predicted octanol–water partition coefficient (Wildman–Crippen LogP) is 3.08. The van der Waals surface area contributed by atoms with E-state index in [1.165, 1.54) is 0 Å². The van der Waals surface area contributed by atoms with Gasteiger partial charge in [0.1, 0.15) is 5.60 Å². The fourth-order valence-corrected chi connectivity index (χ4v) is 2.63. The zero-order valence-electron chi connectivity index (χ0n) is 14.0. The van der Waals surface area contributed by atoms with Crippen molar-refractivity contribution in [2.45, 2.75) is 71.1 Å². The van der Waals surface area contributed by atoms with Crippen LogP contribution in [0.5, 0.6) is 0 Å². The first-order valence-electron chi connectivity index (χ1n) is 7.87. The molecule has 0 radical (unpaired) electrons. The van der Waals surface area contributed by atoms with Gasteiger partial charge >= 0.3 is 6.09 Å². The molecular weight excluding hydrogens is 318 g/mol. The molecule has 0 spiro atoms. The second-order valence-electron chi connectivity index (χ2n) is 6.80. The van der Waals surface area contributed by atoms with Crippen LogP contribution >= 0.6 is 11.6 Å². The van der Waals surface area contributed by atoms with Crippen molar-refractivity contribution >= 4 is 23.6 Å². The number of halogens is 1. The number of aromatic nitrogens is 3. The molecular formula is C15H24ClN5O2. The molecule has 23 heavy (non-hydrogen) atoms. The fourth-order valence-electron chi connectivity index (χ4n) is 2.55. The molecule has 1 aromatic heterocycles. The van der Waals surface area contributed by atoms with E-state index in [-0.39, 0.29) is 12.1 Å². The van der Waals surface area contributed by atoms with Crippen molar-refractivity contribution < 1.29 is 9.53 Å². The van der Waals surface area contributed by atoms with Crippen molar-refractivity contribution in [3.63, 3.8) is 0 Å². The van der Waals surface area contributed by atoms with Crippen molar-refractivity contribution in [2.24, 2.45) is 0 Å². The molecule has 1 saturated carbocycles. The Bertz CT molecular complexity index is 561. The number of rotatable bonds is 3. The van der Waals surface area contributed by atoms with Gasteiger partial charge in [0.2, 0.25) is 5.95 Å². The normalized spacial score (nSPS) is 21.6. The third kappa shape index (κ3) is 5.49. The summed E-state index contributed by atoms with van der Waals surface area (Å²) >= 11 is 5.84. The highest BCUT2D eigenvalue weighted by Crippen LogP contribution is 2.22. The third-order valence-electron chi connectivity index (χ3n) is 3.59. The number of hydrogen-bond acceptors (Lipinski definition) is 6. The van der Waals surface area contributed by atoms with Gasteiger partial charge < -0.3 is 15.4 Å². The molecule has 0 unspecified atom stereocenters. The highest BCUT2D eigenvalue weighted by Gasteiger charge is 2.29. The van der Waals surface area contributed by atoms with Crippen molar-refractivity contribution in [1.29, 1.82) is 0 Å². The van der Waals surface area contributed by atoms with Gasteiger partial charge in [0, 0.05) is 6.04 Å². The Kier molecular flexibility index (Phi) is 5.62. The Balaban J connectivity index is 2.00. The van der Waals surface area contributed by atoms with Crippen LogP contribution in [0.15, 0.2) is 0 Å². The molecule has 2 atom stereocenters. The first-order chi connectivity index (χ1) is 10.7. The number of hydrogen-bond donors (Lipinski definition) is 2. The number of anilines is 1. The molecule has 1 aromatic rings. The molecule has 2 N–H and O–H groups in total. The smallest absolute Gasteiger partial charge is 0.407 e. The van der Waals surface area contributed by atoms with Crippen molar-refractivity contribution in [1.82, 2.24) is 20.5 Å². The predicted molar refractivity (Wildman–Crippen MR) is 88.6 cm³/mol. The van der Waals surface area contributed by atoms with Crippen molar-refractivity contribution in [3.8, 4) is 0 Å². The molecule has 1 fully saturated rings.